The Morgan fingerprint density at radius 3 is 2.81 bits per heavy atom. The highest BCUT2D eigenvalue weighted by molar-refractivity contribution is 5.93. The SMILES string of the molecule is O=C(CCOc1ccccc1)Nc1ccc2cc[nH]c2c1. The fourth-order valence-corrected chi connectivity index (χ4v) is 2.13. The Bertz CT molecular complexity index is 735. The number of nitrogens with one attached hydrogen (secondary N) is 2. The third-order valence-corrected chi connectivity index (χ3v) is 3.18. The molecule has 4 heteroatoms. The summed E-state index contributed by atoms with van der Waals surface area (Å²) in [6.45, 7) is 0.362. The second kappa shape index (κ2) is 6.13. The molecule has 106 valence electrons. The summed E-state index contributed by atoms with van der Waals surface area (Å²) >= 11 is 0. The van der Waals surface area contributed by atoms with Crippen LogP contribution in [-0.2, 0) is 4.79 Å². The number of benzene rings is 2. The first-order chi connectivity index (χ1) is 10.3. The molecule has 0 fully saturated rings. The van der Waals surface area contributed by atoms with Crippen LogP contribution in [0.4, 0.5) is 5.69 Å². The van der Waals surface area contributed by atoms with Crippen molar-refractivity contribution in [3.05, 3.63) is 60.8 Å². The average molecular weight is 280 g/mol. The predicted molar refractivity (Wildman–Crippen MR) is 83.5 cm³/mol. The van der Waals surface area contributed by atoms with E-state index >= 15 is 0 Å². The van der Waals surface area contributed by atoms with E-state index in [1.165, 1.54) is 0 Å². The summed E-state index contributed by atoms with van der Waals surface area (Å²) in [7, 11) is 0. The van der Waals surface area contributed by atoms with Crippen LogP contribution in [0, 0.1) is 0 Å². The number of aromatic nitrogens is 1. The van der Waals surface area contributed by atoms with E-state index in [9.17, 15) is 4.79 Å². The Morgan fingerprint density at radius 2 is 1.95 bits per heavy atom. The zero-order valence-electron chi connectivity index (χ0n) is 11.5. The second-order valence-corrected chi connectivity index (χ2v) is 4.74. The quantitative estimate of drug-likeness (QED) is 0.750. The van der Waals surface area contributed by atoms with Gasteiger partial charge < -0.3 is 15.0 Å². The topological polar surface area (TPSA) is 54.1 Å². The lowest BCUT2D eigenvalue weighted by Gasteiger charge is -2.07. The normalized spacial score (nSPS) is 10.5. The number of H-pyrrole nitrogens is 1. The highest BCUT2D eigenvalue weighted by atomic mass is 16.5. The number of carbonyl (C=O) groups is 1. The van der Waals surface area contributed by atoms with Gasteiger partial charge in [-0.1, -0.05) is 24.3 Å². The lowest BCUT2D eigenvalue weighted by Crippen LogP contribution is -2.15. The number of anilines is 1. The van der Waals surface area contributed by atoms with Gasteiger partial charge in [-0.2, -0.15) is 0 Å². The fourth-order valence-electron chi connectivity index (χ4n) is 2.13. The molecule has 21 heavy (non-hydrogen) atoms. The Labute approximate surface area is 122 Å². The minimum atomic E-state index is -0.0585. The lowest BCUT2D eigenvalue weighted by atomic mass is 10.2. The number of aromatic amines is 1. The fraction of sp³-hybridized carbons (Fsp3) is 0.118. The molecule has 2 N–H and O–H groups in total. The van der Waals surface area contributed by atoms with Crippen LogP contribution < -0.4 is 10.1 Å². The van der Waals surface area contributed by atoms with E-state index in [2.05, 4.69) is 10.3 Å². The number of carbonyl (C=O) groups excluding carboxylic acids is 1. The van der Waals surface area contributed by atoms with Gasteiger partial charge in [0, 0.05) is 17.4 Å². The molecule has 1 heterocycles. The van der Waals surface area contributed by atoms with Gasteiger partial charge in [0.15, 0.2) is 0 Å². The molecule has 2 aromatic carbocycles. The number of amides is 1. The van der Waals surface area contributed by atoms with Gasteiger partial charge >= 0.3 is 0 Å². The van der Waals surface area contributed by atoms with Crippen LogP contribution in [0.15, 0.2) is 60.8 Å². The van der Waals surface area contributed by atoms with Gasteiger partial charge in [0.05, 0.1) is 13.0 Å². The van der Waals surface area contributed by atoms with Crippen LogP contribution >= 0.6 is 0 Å². The van der Waals surface area contributed by atoms with Crippen LogP contribution in [-0.4, -0.2) is 17.5 Å². The van der Waals surface area contributed by atoms with E-state index in [1.54, 1.807) is 0 Å². The molecule has 4 nitrogen and oxygen atoms in total. The molecule has 1 amide bonds. The third kappa shape index (κ3) is 3.42. The summed E-state index contributed by atoms with van der Waals surface area (Å²) in [5.74, 6) is 0.718. The number of fused-ring (bicyclic) bond motifs is 1. The molecule has 0 atom stereocenters. The third-order valence-electron chi connectivity index (χ3n) is 3.18. The maximum atomic E-state index is 11.9. The highest BCUT2D eigenvalue weighted by Gasteiger charge is 2.04. The van der Waals surface area contributed by atoms with E-state index in [0.29, 0.717) is 13.0 Å². The van der Waals surface area contributed by atoms with E-state index in [-0.39, 0.29) is 5.91 Å². The summed E-state index contributed by atoms with van der Waals surface area (Å²) in [5.41, 5.74) is 1.79. The van der Waals surface area contributed by atoms with Crippen LogP contribution in [0.25, 0.3) is 10.9 Å². The van der Waals surface area contributed by atoms with Crippen molar-refractivity contribution >= 4 is 22.5 Å². The summed E-state index contributed by atoms with van der Waals surface area (Å²) in [6.07, 6.45) is 2.20. The number of ether oxygens (including phenoxy) is 1. The number of rotatable bonds is 5. The zero-order chi connectivity index (χ0) is 14.5. The molecule has 0 bridgehead atoms. The molecule has 0 aliphatic carbocycles. The van der Waals surface area contributed by atoms with E-state index in [4.69, 9.17) is 4.74 Å². The van der Waals surface area contributed by atoms with Crippen molar-refractivity contribution in [2.24, 2.45) is 0 Å². The van der Waals surface area contributed by atoms with E-state index in [0.717, 1.165) is 22.3 Å². The monoisotopic (exact) mass is 280 g/mol. The van der Waals surface area contributed by atoms with Gasteiger partial charge in [0.1, 0.15) is 5.75 Å². The predicted octanol–water partition coefficient (Wildman–Crippen LogP) is 3.58. The molecule has 3 rings (SSSR count). The number of para-hydroxylation sites is 1. The molecular formula is C17H16N2O2. The molecule has 0 aliphatic rings. The lowest BCUT2D eigenvalue weighted by molar-refractivity contribution is -0.116. The van der Waals surface area contributed by atoms with Gasteiger partial charge in [-0.15, -0.1) is 0 Å². The maximum absolute atomic E-state index is 11.9. The molecule has 1 aromatic heterocycles. The van der Waals surface area contributed by atoms with Crippen LogP contribution in [0.5, 0.6) is 5.75 Å². The van der Waals surface area contributed by atoms with Crippen molar-refractivity contribution in [1.29, 1.82) is 0 Å². The van der Waals surface area contributed by atoms with Crippen LogP contribution in [0.3, 0.4) is 0 Å². The number of hydrogen-bond acceptors (Lipinski definition) is 2. The Hall–Kier alpha value is -2.75. The number of hydrogen-bond donors (Lipinski definition) is 2. The zero-order valence-corrected chi connectivity index (χ0v) is 11.5. The van der Waals surface area contributed by atoms with Gasteiger partial charge in [-0.05, 0) is 35.7 Å². The van der Waals surface area contributed by atoms with E-state index < -0.39 is 0 Å². The molecule has 0 spiro atoms. The van der Waals surface area contributed by atoms with Crippen molar-refractivity contribution in [2.45, 2.75) is 6.42 Å². The van der Waals surface area contributed by atoms with Gasteiger partial charge in [0.25, 0.3) is 0 Å². The molecule has 3 aromatic rings. The second-order valence-electron chi connectivity index (χ2n) is 4.74. The first-order valence-corrected chi connectivity index (χ1v) is 6.86. The molecule has 0 radical (unpaired) electrons. The van der Waals surface area contributed by atoms with Crippen LogP contribution in [0.2, 0.25) is 0 Å². The summed E-state index contributed by atoms with van der Waals surface area (Å²) < 4.78 is 5.51. The van der Waals surface area contributed by atoms with Crippen molar-refractivity contribution in [3.8, 4) is 5.75 Å². The largest absolute Gasteiger partial charge is 0.493 e. The molecular weight excluding hydrogens is 264 g/mol. The average Bonchev–Trinajstić information content (AvgIpc) is 2.96. The summed E-state index contributed by atoms with van der Waals surface area (Å²) in [5, 5.41) is 4.00. The Morgan fingerprint density at radius 1 is 1.10 bits per heavy atom. The van der Waals surface area contributed by atoms with Crippen molar-refractivity contribution < 1.29 is 9.53 Å². The molecule has 0 saturated carbocycles. The molecule has 0 saturated heterocycles. The molecule has 0 aliphatic heterocycles. The van der Waals surface area contributed by atoms with E-state index in [1.807, 2.05) is 60.8 Å². The van der Waals surface area contributed by atoms with Gasteiger partial charge in [0.2, 0.25) is 5.91 Å². The van der Waals surface area contributed by atoms with Gasteiger partial charge in [-0.3, -0.25) is 4.79 Å². The van der Waals surface area contributed by atoms with Crippen LogP contribution in [0.1, 0.15) is 6.42 Å². The highest BCUT2D eigenvalue weighted by Crippen LogP contribution is 2.17. The Balaban J connectivity index is 1.51. The molecule has 0 unspecified atom stereocenters. The standard InChI is InChI=1S/C17H16N2O2/c20-17(9-11-21-15-4-2-1-3-5-15)19-14-7-6-13-8-10-18-16(13)12-14/h1-8,10,12,18H,9,11H2,(H,19,20). The summed E-state index contributed by atoms with van der Waals surface area (Å²) in [6, 6.07) is 17.3. The summed E-state index contributed by atoms with van der Waals surface area (Å²) in [4.78, 5) is 15.0. The Kier molecular flexibility index (Phi) is 3.87. The maximum Gasteiger partial charge on any atom is 0.227 e. The minimum Gasteiger partial charge on any atom is -0.493 e. The minimum absolute atomic E-state index is 0.0585. The van der Waals surface area contributed by atoms with Crippen molar-refractivity contribution in [2.75, 3.05) is 11.9 Å². The smallest absolute Gasteiger partial charge is 0.227 e. The van der Waals surface area contributed by atoms with Crippen molar-refractivity contribution in [3.63, 3.8) is 0 Å². The van der Waals surface area contributed by atoms with Crippen molar-refractivity contribution in [1.82, 2.24) is 4.98 Å². The first kappa shape index (κ1) is 13.2. The van der Waals surface area contributed by atoms with Gasteiger partial charge in [-0.25, -0.2) is 0 Å². The first-order valence-electron chi connectivity index (χ1n) is 6.86.